The maximum Gasteiger partial charge on any atom is 0.333 e. The van der Waals surface area contributed by atoms with Gasteiger partial charge in [0.15, 0.2) is 5.54 Å². The van der Waals surface area contributed by atoms with Crippen molar-refractivity contribution in [3.05, 3.63) is 64.4 Å². The molecule has 0 aliphatic carbocycles. The average molecular weight is 338 g/mol. The largest absolute Gasteiger partial charge is 0.479 e. The molecule has 2 aromatic rings. The van der Waals surface area contributed by atoms with Gasteiger partial charge in [0.05, 0.1) is 0 Å². The van der Waals surface area contributed by atoms with E-state index in [1.54, 1.807) is 30.3 Å². The smallest absolute Gasteiger partial charge is 0.333 e. The minimum absolute atomic E-state index is 0.0806. The van der Waals surface area contributed by atoms with Gasteiger partial charge in [-0.2, -0.15) is 0 Å². The third-order valence-corrected chi connectivity index (χ3v) is 3.56. The van der Waals surface area contributed by atoms with Crippen LogP contribution < -0.4 is 5.32 Å². The molecular weight excluding hydrogens is 325 g/mol. The molecule has 0 saturated heterocycles. The zero-order valence-electron chi connectivity index (χ0n) is 10.7. The van der Waals surface area contributed by atoms with Crippen LogP contribution in [0.15, 0.2) is 53.0 Å². The minimum Gasteiger partial charge on any atom is -0.479 e. The second-order valence-electron chi connectivity index (χ2n) is 4.55. The molecule has 20 heavy (non-hydrogen) atoms. The topological polar surface area (TPSA) is 49.3 Å². The summed E-state index contributed by atoms with van der Waals surface area (Å²) in [4.78, 5) is 11.6. The zero-order chi connectivity index (χ0) is 14.8. The summed E-state index contributed by atoms with van der Waals surface area (Å²) < 4.78 is 14.6. The van der Waals surface area contributed by atoms with Gasteiger partial charge in [-0.1, -0.05) is 40.2 Å². The molecule has 0 radical (unpaired) electrons. The van der Waals surface area contributed by atoms with E-state index in [1.807, 2.05) is 6.07 Å². The Morgan fingerprint density at radius 3 is 2.45 bits per heavy atom. The van der Waals surface area contributed by atoms with Crippen molar-refractivity contribution in [2.45, 2.75) is 12.5 Å². The average Bonchev–Trinajstić information content (AvgIpc) is 2.39. The second-order valence-corrected chi connectivity index (χ2v) is 5.46. The third-order valence-electron chi connectivity index (χ3n) is 3.07. The van der Waals surface area contributed by atoms with E-state index in [0.29, 0.717) is 10.2 Å². The lowest BCUT2D eigenvalue weighted by Gasteiger charge is -2.28. The van der Waals surface area contributed by atoms with Gasteiger partial charge in [0.25, 0.3) is 0 Å². The number of hydrogen-bond donors (Lipinski definition) is 2. The lowest BCUT2D eigenvalue weighted by Crippen LogP contribution is -2.41. The van der Waals surface area contributed by atoms with Gasteiger partial charge in [-0.3, -0.25) is 0 Å². The van der Waals surface area contributed by atoms with Crippen LogP contribution in [-0.4, -0.2) is 11.1 Å². The maximum atomic E-state index is 14.1. The van der Waals surface area contributed by atoms with Crippen molar-refractivity contribution in [1.82, 2.24) is 0 Å². The summed E-state index contributed by atoms with van der Waals surface area (Å²) in [6.07, 6.45) is 0. The van der Waals surface area contributed by atoms with Crippen LogP contribution in [0.3, 0.4) is 0 Å². The maximum absolute atomic E-state index is 14.1. The SMILES string of the molecule is CC(Nc1ccccc1)(C(=O)O)c1ccc(Br)cc1F. The first-order chi connectivity index (χ1) is 9.43. The third kappa shape index (κ3) is 2.82. The van der Waals surface area contributed by atoms with Crippen molar-refractivity contribution in [2.75, 3.05) is 5.32 Å². The van der Waals surface area contributed by atoms with Crippen LogP contribution in [0.4, 0.5) is 10.1 Å². The van der Waals surface area contributed by atoms with Gasteiger partial charge in [0.1, 0.15) is 5.82 Å². The van der Waals surface area contributed by atoms with E-state index >= 15 is 0 Å². The van der Waals surface area contributed by atoms with Crippen molar-refractivity contribution < 1.29 is 14.3 Å². The first-order valence-electron chi connectivity index (χ1n) is 5.95. The summed E-state index contributed by atoms with van der Waals surface area (Å²) in [6.45, 7) is 1.44. The van der Waals surface area contributed by atoms with Crippen molar-refractivity contribution in [3.63, 3.8) is 0 Å². The molecule has 0 heterocycles. The summed E-state index contributed by atoms with van der Waals surface area (Å²) in [5.74, 6) is -1.73. The van der Waals surface area contributed by atoms with Crippen LogP contribution in [-0.2, 0) is 10.3 Å². The Labute approximate surface area is 124 Å². The van der Waals surface area contributed by atoms with E-state index in [4.69, 9.17) is 0 Å². The van der Waals surface area contributed by atoms with Crippen LogP contribution in [0, 0.1) is 5.82 Å². The number of aliphatic carboxylic acids is 1. The molecule has 0 spiro atoms. The Hall–Kier alpha value is -1.88. The molecule has 3 nitrogen and oxygen atoms in total. The molecule has 1 unspecified atom stereocenters. The molecule has 0 aromatic heterocycles. The Bertz CT molecular complexity index is 633. The molecule has 0 bridgehead atoms. The van der Waals surface area contributed by atoms with E-state index in [-0.39, 0.29) is 5.56 Å². The molecule has 2 N–H and O–H groups in total. The Kier molecular flexibility index (Phi) is 4.09. The molecule has 0 aliphatic heterocycles. The molecule has 1 atom stereocenters. The number of para-hydroxylation sites is 1. The monoisotopic (exact) mass is 337 g/mol. The van der Waals surface area contributed by atoms with Gasteiger partial charge >= 0.3 is 5.97 Å². The summed E-state index contributed by atoms with van der Waals surface area (Å²) in [7, 11) is 0. The number of anilines is 1. The van der Waals surface area contributed by atoms with E-state index < -0.39 is 17.3 Å². The summed E-state index contributed by atoms with van der Waals surface area (Å²) in [5, 5.41) is 12.4. The quantitative estimate of drug-likeness (QED) is 0.886. The van der Waals surface area contributed by atoms with Gasteiger partial charge in [0, 0.05) is 15.7 Å². The molecule has 2 rings (SSSR count). The normalized spacial score (nSPS) is 13.6. The first-order valence-corrected chi connectivity index (χ1v) is 6.75. The Balaban J connectivity index is 2.47. The zero-order valence-corrected chi connectivity index (χ0v) is 12.3. The lowest BCUT2D eigenvalue weighted by atomic mass is 9.91. The number of hydrogen-bond acceptors (Lipinski definition) is 2. The van der Waals surface area contributed by atoms with E-state index in [9.17, 15) is 14.3 Å². The number of benzene rings is 2. The molecule has 0 amide bonds. The number of rotatable bonds is 4. The summed E-state index contributed by atoms with van der Waals surface area (Å²) in [6, 6.07) is 13.2. The van der Waals surface area contributed by atoms with Crippen molar-refractivity contribution in [1.29, 1.82) is 0 Å². The molecule has 0 saturated carbocycles. The van der Waals surface area contributed by atoms with E-state index in [0.717, 1.165) is 0 Å². The van der Waals surface area contributed by atoms with Crippen molar-refractivity contribution in [2.24, 2.45) is 0 Å². The van der Waals surface area contributed by atoms with Gasteiger partial charge in [0.2, 0.25) is 0 Å². The minimum atomic E-state index is -1.55. The number of carboxylic acid groups (broad SMARTS) is 1. The van der Waals surface area contributed by atoms with Gasteiger partial charge in [-0.05, 0) is 31.2 Å². The Morgan fingerprint density at radius 1 is 1.25 bits per heavy atom. The van der Waals surface area contributed by atoms with Crippen LogP contribution in [0.1, 0.15) is 12.5 Å². The molecule has 5 heteroatoms. The molecular formula is C15H13BrFNO2. The van der Waals surface area contributed by atoms with Crippen molar-refractivity contribution in [3.8, 4) is 0 Å². The number of nitrogens with one attached hydrogen (secondary N) is 1. The summed E-state index contributed by atoms with van der Waals surface area (Å²) in [5.41, 5.74) is -0.858. The molecule has 104 valence electrons. The highest BCUT2D eigenvalue weighted by Gasteiger charge is 2.37. The highest BCUT2D eigenvalue weighted by molar-refractivity contribution is 9.10. The highest BCUT2D eigenvalue weighted by Crippen LogP contribution is 2.30. The molecule has 0 aliphatic rings. The van der Waals surface area contributed by atoms with Crippen LogP contribution in [0.25, 0.3) is 0 Å². The number of carbonyl (C=O) groups is 1. The van der Waals surface area contributed by atoms with Crippen molar-refractivity contribution >= 4 is 27.6 Å². The predicted molar refractivity (Wildman–Crippen MR) is 79.2 cm³/mol. The molecule has 2 aromatic carbocycles. The fourth-order valence-electron chi connectivity index (χ4n) is 1.94. The Morgan fingerprint density at radius 2 is 1.90 bits per heavy atom. The van der Waals surface area contributed by atoms with Crippen LogP contribution >= 0.6 is 15.9 Å². The summed E-state index contributed by atoms with van der Waals surface area (Å²) >= 11 is 3.16. The fourth-order valence-corrected chi connectivity index (χ4v) is 2.27. The molecule has 0 fully saturated rings. The van der Waals surface area contributed by atoms with E-state index in [2.05, 4.69) is 21.2 Å². The standard InChI is InChI=1S/C15H13BrFNO2/c1-15(14(19)20,18-11-5-3-2-4-6-11)12-8-7-10(16)9-13(12)17/h2-9,18H,1H3,(H,19,20). The van der Waals surface area contributed by atoms with E-state index in [1.165, 1.54) is 19.1 Å². The van der Waals surface area contributed by atoms with Gasteiger partial charge < -0.3 is 10.4 Å². The first kappa shape index (κ1) is 14.5. The lowest BCUT2D eigenvalue weighted by molar-refractivity contribution is -0.142. The highest BCUT2D eigenvalue weighted by atomic mass is 79.9. The van der Waals surface area contributed by atoms with Crippen LogP contribution in [0.5, 0.6) is 0 Å². The number of carboxylic acids is 1. The predicted octanol–water partition coefficient (Wildman–Crippen LogP) is 4.00. The van der Waals surface area contributed by atoms with Gasteiger partial charge in [-0.25, -0.2) is 9.18 Å². The van der Waals surface area contributed by atoms with Crippen LogP contribution in [0.2, 0.25) is 0 Å². The van der Waals surface area contributed by atoms with Gasteiger partial charge in [-0.15, -0.1) is 0 Å². The fraction of sp³-hybridized carbons (Fsp3) is 0.133. The number of halogens is 2. The second kappa shape index (κ2) is 5.63.